The zero-order valence-electron chi connectivity index (χ0n) is 13.6. The molecule has 0 spiro atoms. The van der Waals surface area contributed by atoms with Crippen molar-refractivity contribution >= 4 is 17.1 Å². The molecule has 2 aromatic carbocycles. The number of H-pyrrole nitrogens is 1. The van der Waals surface area contributed by atoms with Crippen LogP contribution in [0, 0.1) is 17.0 Å². The highest BCUT2D eigenvalue weighted by molar-refractivity contribution is 5.58. The van der Waals surface area contributed by atoms with Crippen LogP contribution in [0.25, 0.3) is 11.4 Å². The predicted octanol–water partition coefficient (Wildman–Crippen LogP) is 3.77. The lowest BCUT2D eigenvalue weighted by molar-refractivity contribution is -0.384. The molecule has 3 rings (SSSR count). The summed E-state index contributed by atoms with van der Waals surface area (Å²) in [6.45, 7) is 1.60. The topological polar surface area (TPSA) is 134 Å². The standard InChI is InChI=1S/C17H13N5O4/c1-10-15(17(24)19-16(18-10)11-5-3-2-4-6-11)21-20-13-9-12(22(25)26)7-8-14(13)23/h2-9,23H,1H3,(H,18,19,24). The Morgan fingerprint density at radius 2 is 1.88 bits per heavy atom. The van der Waals surface area contributed by atoms with Gasteiger partial charge in [-0.25, -0.2) is 4.98 Å². The third-order valence-corrected chi connectivity index (χ3v) is 3.54. The van der Waals surface area contributed by atoms with Crippen molar-refractivity contribution in [2.24, 2.45) is 10.2 Å². The van der Waals surface area contributed by atoms with Crippen LogP contribution in [0.4, 0.5) is 17.1 Å². The van der Waals surface area contributed by atoms with Crippen molar-refractivity contribution in [3.8, 4) is 17.1 Å². The summed E-state index contributed by atoms with van der Waals surface area (Å²) < 4.78 is 0. The molecule has 9 heteroatoms. The van der Waals surface area contributed by atoms with Crippen LogP contribution in [0.3, 0.4) is 0 Å². The van der Waals surface area contributed by atoms with Gasteiger partial charge in [0.2, 0.25) is 0 Å². The Labute approximate surface area is 146 Å². The van der Waals surface area contributed by atoms with E-state index in [0.29, 0.717) is 11.5 Å². The van der Waals surface area contributed by atoms with Crippen molar-refractivity contribution in [3.63, 3.8) is 0 Å². The molecule has 2 N–H and O–H groups in total. The van der Waals surface area contributed by atoms with E-state index < -0.39 is 10.5 Å². The van der Waals surface area contributed by atoms with E-state index in [1.54, 1.807) is 19.1 Å². The number of non-ortho nitro benzene ring substituents is 1. The van der Waals surface area contributed by atoms with Crippen molar-refractivity contribution in [3.05, 3.63) is 74.7 Å². The first-order valence-corrected chi connectivity index (χ1v) is 7.51. The van der Waals surface area contributed by atoms with Gasteiger partial charge >= 0.3 is 0 Å². The van der Waals surface area contributed by atoms with Crippen molar-refractivity contribution in [2.75, 3.05) is 0 Å². The smallest absolute Gasteiger partial charge is 0.279 e. The fourth-order valence-corrected chi connectivity index (χ4v) is 2.24. The number of nitro groups is 1. The number of nitrogens with zero attached hydrogens (tertiary/aromatic N) is 4. The molecule has 0 atom stereocenters. The molecule has 0 aliphatic heterocycles. The van der Waals surface area contributed by atoms with Gasteiger partial charge in [-0.3, -0.25) is 14.9 Å². The molecule has 0 bridgehead atoms. The molecule has 26 heavy (non-hydrogen) atoms. The van der Waals surface area contributed by atoms with Crippen LogP contribution in [-0.4, -0.2) is 20.0 Å². The van der Waals surface area contributed by atoms with E-state index in [-0.39, 0.29) is 22.8 Å². The Morgan fingerprint density at radius 1 is 1.15 bits per heavy atom. The number of rotatable bonds is 4. The number of phenols is 1. The van der Waals surface area contributed by atoms with Gasteiger partial charge in [-0.2, -0.15) is 0 Å². The lowest BCUT2D eigenvalue weighted by atomic mass is 10.2. The van der Waals surface area contributed by atoms with Gasteiger partial charge in [-0.05, 0) is 13.0 Å². The van der Waals surface area contributed by atoms with E-state index in [4.69, 9.17) is 0 Å². The summed E-state index contributed by atoms with van der Waals surface area (Å²) in [5.41, 5.74) is 0.152. The van der Waals surface area contributed by atoms with Crippen molar-refractivity contribution in [1.82, 2.24) is 9.97 Å². The summed E-state index contributed by atoms with van der Waals surface area (Å²) in [6.07, 6.45) is 0. The summed E-state index contributed by atoms with van der Waals surface area (Å²) in [5.74, 6) is 0.104. The maximum Gasteiger partial charge on any atom is 0.279 e. The minimum absolute atomic E-state index is 0.0458. The first-order chi connectivity index (χ1) is 12.5. The molecule has 0 aliphatic carbocycles. The number of azo groups is 1. The number of benzene rings is 2. The van der Waals surface area contributed by atoms with E-state index in [2.05, 4.69) is 20.2 Å². The number of hydrogen-bond donors (Lipinski definition) is 2. The number of aromatic amines is 1. The molecular weight excluding hydrogens is 338 g/mol. The molecular formula is C17H13N5O4. The molecule has 9 nitrogen and oxygen atoms in total. The normalized spacial score (nSPS) is 11.0. The fourth-order valence-electron chi connectivity index (χ4n) is 2.24. The van der Waals surface area contributed by atoms with Crippen LogP contribution in [-0.2, 0) is 0 Å². The lowest BCUT2D eigenvalue weighted by Crippen LogP contribution is -2.10. The van der Waals surface area contributed by atoms with E-state index in [1.165, 1.54) is 0 Å². The van der Waals surface area contributed by atoms with Crippen molar-refractivity contribution in [2.45, 2.75) is 6.92 Å². The minimum Gasteiger partial charge on any atom is -0.506 e. The monoisotopic (exact) mass is 351 g/mol. The number of aromatic nitrogens is 2. The van der Waals surface area contributed by atoms with Gasteiger partial charge in [-0.1, -0.05) is 30.3 Å². The molecule has 3 aromatic rings. The number of nitro benzene ring substituents is 1. The zero-order valence-corrected chi connectivity index (χ0v) is 13.6. The highest BCUT2D eigenvalue weighted by atomic mass is 16.6. The summed E-state index contributed by atoms with van der Waals surface area (Å²) in [6, 6.07) is 12.5. The molecule has 1 heterocycles. The van der Waals surface area contributed by atoms with Crippen LogP contribution in [0.2, 0.25) is 0 Å². The number of aryl methyl sites for hydroxylation is 1. The Balaban J connectivity index is 1.99. The molecule has 0 saturated heterocycles. The zero-order chi connectivity index (χ0) is 18.7. The second-order valence-corrected chi connectivity index (χ2v) is 5.34. The van der Waals surface area contributed by atoms with Gasteiger partial charge in [0.15, 0.2) is 5.69 Å². The maximum atomic E-state index is 12.3. The van der Waals surface area contributed by atoms with Gasteiger partial charge in [0.05, 0.1) is 10.6 Å². The number of hydrogen-bond acceptors (Lipinski definition) is 7. The molecule has 1 aromatic heterocycles. The third-order valence-electron chi connectivity index (χ3n) is 3.54. The van der Waals surface area contributed by atoms with Gasteiger partial charge in [0.1, 0.15) is 17.3 Å². The molecule has 0 unspecified atom stereocenters. The Kier molecular flexibility index (Phi) is 4.52. The van der Waals surface area contributed by atoms with Crippen LogP contribution < -0.4 is 5.56 Å². The minimum atomic E-state index is -0.618. The van der Waals surface area contributed by atoms with Gasteiger partial charge in [-0.15, -0.1) is 10.2 Å². The second-order valence-electron chi connectivity index (χ2n) is 5.34. The SMILES string of the molecule is Cc1nc(-c2ccccc2)[nH]c(=O)c1N=Nc1cc([N+](=O)[O-])ccc1O. The van der Waals surface area contributed by atoms with Crippen LogP contribution in [0.1, 0.15) is 5.69 Å². The van der Waals surface area contributed by atoms with Gasteiger partial charge < -0.3 is 10.1 Å². The Morgan fingerprint density at radius 3 is 2.54 bits per heavy atom. The van der Waals surface area contributed by atoms with Crippen LogP contribution in [0.15, 0.2) is 63.6 Å². The Bertz CT molecular complexity index is 1060. The average Bonchev–Trinajstić information content (AvgIpc) is 2.62. The molecule has 0 radical (unpaired) electrons. The summed E-state index contributed by atoms with van der Waals surface area (Å²) in [7, 11) is 0. The highest BCUT2D eigenvalue weighted by Gasteiger charge is 2.12. The van der Waals surface area contributed by atoms with Gasteiger partial charge in [0.25, 0.3) is 11.2 Å². The highest BCUT2D eigenvalue weighted by Crippen LogP contribution is 2.31. The number of nitrogens with one attached hydrogen (secondary N) is 1. The summed E-state index contributed by atoms with van der Waals surface area (Å²) >= 11 is 0. The molecule has 0 aliphatic rings. The lowest BCUT2D eigenvalue weighted by Gasteiger charge is -2.04. The van der Waals surface area contributed by atoms with Crippen LogP contribution >= 0.6 is 0 Å². The second kappa shape index (κ2) is 6.93. The molecule has 0 saturated carbocycles. The summed E-state index contributed by atoms with van der Waals surface area (Å²) in [4.78, 5) is 29.4. The average molecular weight is 351 g/mol. The van der Waals surface area contributed by atoms with Crippen molar-refractivity contribution in [1.29, 1.82) is 0 Å². The number of aromatic hydroxyl groups is 1. The van der Waals surface area contributed by atoms with Crippen molar-refractivity contribution < 1.29 is 10.0 Å². The maximum absolute atomic E-state index is 12.3. The largest absolute Gasteiger partial charge is 0.506 e. The molecule has 0 amide bonds. The quantitative estimate of drug-likeness (QED) is 0.419. The van der Waals surface area contributed by atoms with E-state index in [9.17, 15) is 20.0 Å². The predicted molar refractivity (Wildman–Crippen MR) is 94.0 cm³/mol. The van der Waals surface area contributed by atoms with Gasteiger partial charge in [0, 0.05) is 17.7 Å². The van der Waals surface area contributed by atoms with Crippen LogP contribution in [0.5, 0.6) is 5.75 Å². The van der Waals surface area contributed by atoms with E-state index in [1.807, 2.05) is 18.2 Å². The molecule has 130 valence electrons. The Hall–Kier alpha value is -3.88. The number of phenolic OH excluding ortho intramolecular Hbond substituents is 1. The van der Waals surface area contributed by atoms with E-state index >= 15 is 0 Å². The fraction of sp³-hybridized carbons (Fsp3) is 0.0588. The van der Waals surface area contributed by atoms with E-state index in [0.717, 1.165) is 23.8 Å². The first kappa shape index (κ1) is 17.0. The third kappa shape index (κ3) is 3.46. The molecule has 0 fully saturated rings. The first-order valence-electron chi connectivity index (χ1n) is 7.51. The summed E-state index contributed by atoms with van der Waals surface area (Å²) in [5, 5.41) is 28.1.